The van der Waals surface area contributed by atoms with Gasteiger partial charge >= 0.3 is 0 Å². The lowest BCUT2D eigenvalue weighted by Gasteiger charge is -2.40. The van der Waals surface area contributed by atoms with Crippen molar-refractivity contribution in [3.8, 4) is 0 Å². The fourth-order valence-electron chi connectivity index (χ4n) is 1.99. The maximum Gasteiger partial charge on any atom is 0.0153 e. The largest absolute Gasteiger partial charge is 0.330 e. The summed E-state index contributed by atoms with van der Waals surface area (Å²) in [5.74, 6) is 0.683. The molecule has 13 heavy (non-hydrogen) atoms. The van der Waals surface area contributed by atoms with Crippen molar-refractivity contribution in [2.24, 2.45) is 11.7 Å². The van der Waals surface area contributed by atoms with Crippen molar-refractivity contribution >= 4 is 0 Å². The Morgan fingerprint density at radius 3 is 2.54 bits per heavy atom. The first kappa shape index (κ1) is 11.0. The van der Waals surface area contributed by atoms with Crippen LogP contribution in [0.3, 0.4) is 0 Å². The van der Waals surface area contributed by atoms with Gasteiger partial charge in [-0.2, -0.15) is 0 Å². The quantitative estimate of drug-likeness (QED) is 0.661. The predicted octanol–water partition coefficient (Wildman–Crippen LogP) is 1.89. The van der Waals surface area contributed by atoms with E-state index in [0.29, 0.717) is 11.5 Å². The first-order chi connectivity index (χ1) is 6.20. The smallest absolute Gasteiger partial charge is 0.0153 e. The van der Waals surface area contributed by atoms with Crippen LogP contribution in [0, 0.1) is 5.92 Å². The van der Waals surface area contributed by atoms with E-state index in [9.17, 15) is 0 Å². The number of rotatable bonds is 6. The third-order valence-electron chi connectivity index (χ3n) is 3.30. The van der Waals surface area contributed by atoms with Gasteiger partial charge in [-0.05, 0) is 51.6 Å². The summed E-state index contributed by atoms with van der Waals surface area (Å²) < 4.78 is 0. The van der Waals surface area contributed by atoms with Gasteiger partial charge in [0.05, 0.1) is 0 Å². The van der Waals surface area contributed by atoms with Gasteiger partial charge in [0.15, 0.2) is 0 Å². The molecule has 0 spiro atoms. The molecule has 0 bridgehead atoms. The first-order valence-electron chi connectivity index (χ1n) is 5.65. The van der Waals surface area contributed by atoms with Gasteiger partial charge in [0.2, 0.25) is 0 Å². The third-order valence-corrected chi connectivity index (χ3v) is 3.30. The van der Waals surface area contributed by atoms with Crippen molar-refractivity contribution in [3.63, 3.8) is 0 Å². The van der Waals surface area contributed by atoms with E-state index in [-0.39, 0.29) is 0 Å². The van der Waals surface area contributed by atoms with Crippen LogP contribution in [0.5, 0.6) is 0 Å². The zero-order valence-corrected chi connectivity index (χ0v) is 9.10. The van der Waals surface area contributed by atoms with Crippen molar-refractivity contribution in [2.75, 3.05) is 13.1 Å². The van der Waals surface area contributed by atoms with Crippen LogP contribution >= 0.6 is 0 Å². The molecule has 1 fully saturated rings. The van der Waals surface area contributed by atoms with Crippen LogP contribution in [0.1, 0.15) is 46.0 Å². The summed E-state index contributed by atoms with van der Waals surface area (Å²) in [6.07, 6.45) is 6.59. The van der Waals surface area contributed by atoms with Crippen LogP contribution in [-0.4, -0.2) is 18.6 Å². The molecule has 0 aromatic carbocycles. The second kappa shape index (κ2) is 4.97. The molecule has 0 aromatic rings. The van der Waals surface area contributed by atoms with Crippen LogP contribution in [0.25, 0.3) is 0 Å². The number of hydrogen-bond donors (Lipinski definition) is 2. The lowest BCUT2D eigenvalue weighted by Crippen LogP contribution is -2.50. The summed E-state index contributed by atoms with van der Waals surface area (Å²) in [5.41, 5.74) is 6.15. The summed E-state index contributed by atoms with van der Waals surface area (Å²) in [6, 6.07) is 0. The summed E-state index contributed by atoms with van der Waals surface area (Å²) >= 11 is 0. The summed E-state index contributed by atoms with van der Waals surface area (Å²) in [7, 11) is 0. The average molecular weight is 184 g/mol. The van der Waals surface area contributed by atoms with E-state index < -0.39 is 0 Å². The summed E-state index contributed by atoms with van der Waals surface area (Å²) in [5, 5.41) is 3.65. The van der Waals surface area contributed by atoms with Crippen LogP contribution in [-0.2, 0) is 0 Å². The zero-order valence-electron chi connectivity index (χ0n) is 9.10. The standard InChI is InChI=1S/C11H24N2/c1-3-5-10(8-12)9-13-11(2)6-4-7-11/h10,13H,3-9,12H2,1-2H3. The Morgan fingerprint density at radius 2 is 2.15 bits per heavy atom. The molecule has 1 rings (SSSR count). The van der Waals surface area contributed by atoms with Gasteiger partial charge in [-0.3, -0.25) is 0 Å². The Hall–Kier alpha value is -0.0800. The summed E-state index contributed by atoms with van der Waals surface area (Å²) in [6.45, 7) is 6.50. The second-order valence-corrected chi connectivity index (χ2v) is 4.69. The van der Waals surface area contributed by atoms with E-state index in [4.69, 9.17) is 5.73 Å². The van der Waals surface area contributed by atoms with Crippen molar-refractivity contribution in [3.05, 3.63) is 0 Å². The number of nitrogens with two attached hydrogens (primary N) is 1. The average Bonchev–Trinajstić information content (AvgIpc) is 2.09. The van der Waals surface area contributed by atoms with Gasteiger partial charge in [0.25, 0.3) is 0 Å². The van der Waals surface area contributed by atoms with Crippen molar-refractivity contribution in [1.82, 2.24) is 5.32 Å². The topological polar surface area (TPSA) is 38.0 Å². The molecule has 3 N–H and O–H groups in total. The SMILES string of the molecule is CCCC(CN)CNC1(C)CCC1. The summed E-state index contributed by atoms with van der Waals surface area (Å²) in [4.78, 5) is 0. The van der Waals surface area contributed by atoms with Crippen molar-refractivity contribution in [1.29, 1.82) is 0 Å². The van der Waals surface area contributed by atoms with Crippen LogP contribution < -0.4 is 11.1 Å². The van der Waals surface area contributed by atoms with Crippen LogP contribution in [0.15, 0.2) is 0 Å². The van der Waals surface area contributed by atoms with E-state index in [1.54, 1.807) is 0 Å². The molecule has 78 valence electrons. The monoisotopic (exact) mass is 184 g/mol. The molecule has 2 nitrogen and oxygen atoms in total. The Morgan fingerprint density at radius 1 is 1.46 bits per heavy atom. The Kier molecular flexibility index (Phi) is 4.20. The van der Waals surface area contributed by atoms with Gasteiger partial charge < -0.3 is 11.1 Å². The minimum absolute atomic E-state index is 0.446. The maximum atomic E-state index is 5.71. The molecule has 0 heterocycles. The Labute approximate surface area is 82.3 Å². The predicted molar refractivity (Wildman–Crippen MR) is 57.7 cm³/mol. The molecule has 0 saturated heterocycles. The molecular formula is C11H24N2. The Balaban J connectivity index is 2.15. The van der Waals surface area contributed by atoms with Crippen LogP contribution in [0.4, 0.5) is 0 Å². The highest BCUT2D eigenvalue weighted by Gasteiger charge is 2.31. The van der Waals surface area contributed by atoms with E-state index in [0.717, 1.165) is 13.1 Å². The molecule has 2 heteroatoms. The first-order valence-corrected chi connectivity index (χ1v) is 5.65. The molecule has 1 aliphatic rings. The number of hydrogen-bond acceptors (Lipinski definition) is 2. The second-order valence-electron chi connectivity index (χ2n) is 4.69. The molecule has 1 unspecified atom stereocenters. The van der Waals surface area contributed by atoms with Crippen molar-refractivity contribution in [2.45, 2.75) is 51.5 Å². The fraction of sp³-hybridized carbons (Fsp3) is 1.00. The third kappa shape index (κ3) is 3.28. The minimum Gasteiger partial charge on any atom is -0.330 e. The van der Waals surface area contributed by atoms with Gasteiger partial charge in [-0.15, -0.1) is 0 Å². The maximum absolute atomic E-state index is 5.71. The lowest BCUT2D eigenvalue weighted by molar-refractivity contribution is 0.196. The minimum atomic E-state index is 0.446. The van der Waals surface area contributed by atoms with E-state index in [1.807, 2.05) is 0 Å². The zero-order chi connectivity index (χ0) is 9.73. The van der Waals surface area contributed by atoms with Gasteiger partial charge in [-0.1, -0.05) is 13.3 Å². The number of nitrogens with one attached hydrogen (secondary N) is 1. The van der Waals surface area contributed by atoms with E-state index in [1.165, 1.54) is 32.1 Å². The normalized spacial score (nSPS) is 22.4. The van der Waals surface area contributed by atoms with Gasteiger partial charge in [-0.25, -0.2) is 0 Å². The molecule has 0 aromatic heterocycles. The molecule has 0 aliphatic heterocycles. The molecule has 0 amide bonds. The molecule has 1 atom stereocenters. The molecule has 0 radical (unpaired) electrons. The highest BCUT2D eigenvalue weighted by Crippen LogP contribution is 2.30. The van der Waals surface area contributed by atoms with E-state index in [2.05, 4.69) is 19.2 Å². The molecule has 1 saturated carbocycles. The fourth-order valence-corrected chi connectivity index (χ4v) is 1.99. The molecule has 1 aliphatic carbocycles. The highest BCUT2D eigenvalue weighted by atomic mass is 15.0. The van der Waals surface area contributed by atoms with Gasteiger partial charge in [0, 0.05) is 5.54 Å². The van der Waals surface area contributed by atoms with Crippen molar-refractivity contribution < 1.29 is 0 Å². The van der Waals surface area contributed by atoms with Gasteiger partial charge in [0.1, 0.15) is 0 Å². The lowest BCUT2D eigenvalue weighted by atomic mass is 9.78. The van der Waals surface area contributed by atoms with E-state index >= 15 is 0 Å². The Bertz CT molecular complexity index is 141. The van der Waals surface area contributed by atoms with Crippen LogP contribution in [0.2, 0.25) is 0 Å². The highest BCUT2D eigenvalue weighted by molar-refractivity contribution is 4.91. The molecular weight excluding hydrogens is 160 g/mol.